The fourth-order valence-corrected chi connectivity index (χ4v) is 2.19. The van der Waals surface area contributed by atoms with Crippen molar-refractivity contribution in [2.75, 3.05) is 26.3 Å². The Morgan fingerprint density at radius 3 is 2.75 bits per heavy atom. The van der Waals surface area contributed by atoms with E-state index in [2.05, 4.69) is 0 Å². The van der Waals surface area contributed by atoms with Gasteiger partial charge in [-0.25, -0.2) is 0 Å². The molecule has 7 heteroatoms. The van der Waals surface area contributed by atoms with E-state index in [0.29, 0.717) is 16.2 Å². The summed E-state index contributed by atoms with van der Waals surface area (Å²) in [5, 5.41) is 8.83. The van der Waals surface area contributed by atoms with Crippen LogP contribution in [-0.4, -0.2) is 48.4 Å². The van der Waals surface area contributed by atoms with Gasteiger partial charge in [0.15, 0.2) is 0 Å². The van der Waals surface area contributed by atoms with Crippen LogP contribution >= 0.6 is 0 Å². The molecule has 0 radical (unpaired) electrons. The molecule has 0 aromatic heterocycles. The van der Waals surface area contributed by atoms with Gasteiger partial charge in [-0.15, -0.1) is 0 Å². The van der Waals surface area contributed by atoms with E-state index >= 15 is 0 Å². The van der Waals surface area contributed by atoms with Gasteiger partial charge in [-0.05, 0) is 6.07 Å². The zero-order chi connectivity index (χ0) is 14.8. The van der Waals surface area contributed by atoms with E-state index in [0.717, 1.165) is 0 Å². The molecule has 1 aromatic carbocycles. The molecule has 20 heavy (non-hydrogen) atoms. The molecular formula is C13H14F3NO3. The number of aliphatic hydroxyl groups is 1. The number of carbonyl (C=O) groups is 1. The summed E-state index contributed by atoms with van der Waals surface area (Å²) >= 11 is 0. The maximum atomic E-state index is 12.5. The van der Waals surface area contributed by atoms with Gasteiger partial charge in [0.1, 0.15) is 24.8 Å². The fourth-order valence-electron chi connectivity index (χ4n) is 2.19. The third kappa shape index (κ3) is 3.22. The highest BCUT2D eigenvalue weighted by Crippen LogP contribution is 2.35. The highest BCUT2D eigenvalue weighted by Gasteiger charge is 2.38. The van der Waals surface area contributed by atoms with Gasteiger partial charge in [0.2, 0.25) is 5.91 Å². The van der Waals surface area contributed by atoms with E-state index in [9.17, 15) is 18.0 Å². The lowest BCUT2D eigenvalue weighted by Gasteiger charge is -2.25. The van der Waals surface area contributed by atoms with Crippen molar-refractivity contribution in [2.24, 2.45) is 0 Å². The summed E-state index contributed by atoms with van der Waals surface area (Å²) in [6.07, 6.45) is -4.50. The number of alkyl halides is 3. The van der Waals surface area contributed by atoms with Crippen LogP contribution in [0.4, 0.5) is 13.2 Å². The predicted molar refractivity (Wildman–Crippen MR) is 64.4 cm³/mol. The van der Waals surface area contributed by atoms with Gasteiger partial charge in [0.25, 0.3) is 0 Å². The Hall–Kier alpha value is -1.76. The Bertz CT molecular complexity index is 490. The van der Waals surface area contributed by atoms with E-state index < -0.39 is 31.2 Å². The maximum Gasteiger partial charge on any atom is 0.406 e. The van der Waals surface area contributed by atoms with E-state index in [1.54, 1.807) is 24.3 Å². The highest BCUT2D eigenvalue weighted by atomic mass is 19.4. The second kappa shape index (κ2) is 5.70. The molecule has 1 amide bonds. The Kier molecular flexibility index (Phi) is 4.17. The van der Waals surface area contributed by atoms with Crippen LogP contribution in [0.25, 0.3) is 0 Å². The number of para-hydroxylation sites is 1. The van der Waals surface area contributed by atoms with Crippen molar-refractivity contribution in [1.29, 1.82) is 0 Å². The molecule has 0 saturated heterocycles. The zero-order valence-electron chi connectivity index (χ0n) is 10.6. The molecule has 1 unspecified atom stereocenters. The lowest BCUT2D eigenvalue weighted by Crippen LogP contribution is -2.43. The molecule has 0 bridgehead atoms. The summed E-state index contributed by atoms with van der Waals surface area (Å²) < 4.78 is 42.7. The minimum absolute atomic E-state index is 0.0258. The minimum atomic E-state index is -4.50. The average molecular weight is 289 g/mol. The first-order valence-corrected chi connectivity index (χ1v) is 6.10. The molecule has 1 heterocycles. The SMILES string of the molecule is O=C(C1COc2ccccc21)N(CCO)CC(F)(F)F. The van der Waals surface area contributed by atoms with Gasteiger partial charge in [-0.2, -0.15) is 13.2 Å². The number of benzene rings is 1. The van der Waals surface area contributed by atoms with Crippen LogP contribution in [-0.2, 0) is 4.79 Å². The van der Waals surface area contributed by atoms with Crippen molar-refractivity contribution in [3.63, 3.8) is 0 Å². The number of fused-ring (bicyclic) bond motifs is 1. The third-order valence-corrected chi connectivity index (χ3v) is 3.05. The van der Waals surface area contributed by atoms with E-state index in [4.69, 9.17) is 9.84 Å². The average Bonchev–Trinajstić information content (AvgIpc) is 2.79. The summed E-state index contributed by atoms with van der Waals surface area (Å²) in [4.78, 5) is 12.8. The summed E-state index contributed by atoms with van der Waals surface area (Å²) in [5.41, 5.74) is 0.586. The fraction of sp³-hybridized carbons (Fsp3) is 0.462. The Morgan fingerprint density at radius 2 is 2.10 bits per heavy atom. The van der Waals surface area contributed by atoms with Gasteiger partial charge in [-0.3, -0.25) is 4.79 Å². The van der Waals surface area contributed by atoms with Crippen molar-refractivity contribution in [2.45, 2.75) is 12.1 Å². The van der Waals surface area contributed by atoms with Crippen LogP contribution in [0, 0.1) is 0 Å². The van der Waals surface area contributed by atoms with Crippen LogP contribution < -0.4 is 4.74 Å². The summed E-state index contributed by atoms with van der Waals surface area (Å²) in [6, 6.07) is 6.76. The van der Waals surface area contributed by atoms with E-state index in [1.807, 2.05) is 0 Å². The molecule has 1 aromatic rings. The van der Waals surface area contributed by atoms with Crippen molar-refractivity contribution in [3.8, 4) is 5.75 Å². The molecule has 110 valence electrons. The quantitative estimate of drug-likeness (QED) is 0.915. The first-order valence-electron chi connectivity index (χ1n) is 6.10. The molecule has 1 N–H and O–H groups in total. The number of nitrogens with zero attached hydrogens (tertiary/aromatic N) is 1. The Labute approximate surface area is 113 Å². The van der Waals surface area contributed by atoms with Gasteiger partial charge < -0.3 is 14.7 Å². The number of ether oxygens (including phenoxy) is 1. The van der Waals surface area contributed by atoms with Crippen LogP contribution in [0.3, 0.4) is 0 Å². The molecule has 0 aliphatic carbocycles. The van der Waals surface area contributed by atoms with Crippen LogP contribution in [0.1, 0.15) is 11.5 Å². The van der Waals surface area contributed by atoms with Crippen molar-refractivity contribution in [3.05, 3.63) is 29.8 Å². The van der Waals surface area contributed by atoms with E-state index in [-0.39, 0.29) is 13.2 Å². The molecule has 1 atom stereocenters. The molecule has 4 nitrogen and oxygen atoms in total. The zero-order valence-corrected chi connectivity index (χ0v) is 10.6. The van der Waals surface area contributed by atoms with Crippen molar-refractivity contribution < 1.29 is 27.8 Å². The Morgan fingerprint density at radius 1 is 1.40 bits per heavy atom. The number of halogens is 3. The van der Waals surface area contributed by atoms with Gasteiger partial charge >= 0.3 is 6.18 Å². The third-order valence-electron chi connectivity index (χ3n) is 3.05. The summed E-state index contributed by atoms with van der Waals surface area (Å²) in [5.74, 6) is -0.914. The molecule has 1 aliphatic rings. The lowest BCUT2D eigenvalue weighted by molar-refractivity contribution is -0.163. The molecule has 0 fully saturated rings. The molecule has 0 spiro atoms. The number of rotatable bonds is 4. The number of hydrogen-bond acceptors (Lipinski definition) is 3. The monoisotopic (exact) mass is 289 g/mol. The lowest BCUT2D eigenvalue weighted by atomic mass is 10.00. The predicted octanol–water partition coefficient (Wildman–Crippen LogP) is 1.55. The van der Waals surface area contributed by atoms with E-state index in [1.165, 1.54) is 0 Å². The first kappa shape index (κ1) is 14.6. The number of hydrogen-bond donors (Lipinski definition) is 1. The normalized spacial score (nSPS) is 17.5. The summed E-state index contributed by atoms with van der Waals surface area (Å²) in [6.45, 7) is -2.21. The topological polar surface area (TPSA) is 49.8 Å². The van der Waals surface area contributed by atoms with Crippen LogP contribution in [0.15, 0.2) is 24.3 Å². The van der Waals surface area contributed by atoms with Gasteiger partial charge in [0, 0.05) is 12.1 Å². The molecule has 0 saturated carbocycles. The maximum absolute atomic E-state index is 12.5. The largest absolute Gasteiger partial charge is 0.492 e. The second-order valence-corrected chi connectivity index (χ2v) is 4.50. The van der Waals surface area contributed by atoms with Crippen molar-refractivity contribution >= 4 is 5.91 Å². The smallest absolute Gasteiger partial charge is 0.406 e. The van der Waals surface area contributed by atoms with Crippen molar-refractivity contribution in [1.82, 2.24) is 4.90 Å². The number of aliphatic hydroxyl groups excluding tert-OH is 1. The Balaban J connectivity index is 2.17. The summed E-state index contributed by atoms with van der Waals surface area (Å²) in [7, 11) is 0. The molecule has 2 rings (SSSR count). The second-order valence-electron chi connectivity index (χ2n) is 4.50. The highest BCUT2D eigenvalue weighted by molar-refractivity contribution is 5.85. The standard InChI is InChI=1S/C13H14F3NO3/c14-13(15,16)8-17(5-6-18)12(19)10-7-20-11-4-2-1-3-9(10)11/h1-4,10,18H,5-8H2. The van der Waals surface area contributed by atoms with Crippen LogP contribution in [0.5, 0.6) is 5.75 Å². The molecular weight excluding hydrogens is 275 g/mol. The minimum Gasteiger partial charge on any atom is -0.492 e. The van der Waals surface area contributed by atoms with Crippen LogP contribution in [0.2, 0.25) is 0 Å². The van der Waals surface area contributed by atoms with Gasteiger partial charge in [-0.1, -0.05) is 18.2 Å². The first-order chi connectivity index (χ1) is 9.42. The van der Waals surface area contributed by atoms with Gasteiger partial charge in [0.05, 0.1) is 6.61 Å². The number of carbonyl (C=O) groups excluding carboxylic acids is 1. The molecule has 1 aliphatic heterocycles. The number of amides is 1.